The first-order chi connectivity index (χ1) is 10.2. The third-order valence-electron chi connectivity index (χ3n) is 3.35. The van der Waals surface area contributed by atoms with Gasteiger partial charge in [-0.15, -0.1) is 0 Å². The van der Waals surface area contributed by atoms with Gasteiger partial charge in [0.15, 0.2) is 5.75 Å². The third kappa shape index (κ3) is 2.97. The second-order valence-electron chi connectivity index (χ2n) is 4.95. The van der Waals surface area contributed by atoms with Crippen molar-refractivity contribution < 1.29 is 9.53 Å². The van der Waals surface area contributed by atoms with Gasteiger partial charge in [0.1, 0.15) is 6.61 Å². The first kappa shape index (κ1) is 13.4. The van der Waals surface area contributed by atoms with Crippen LogP contribution in [0.25, 0.3) is 0 Å². The minimum Gasteiger partial charge on any atom is -0.489 e. The number of anilines is 1. The van der Waals surface area contributed by atoms with Gasteiger partial charge >= 0.3 is 0 Å². The Balaban J connectivity index is 1.72. The summed E-state index contributed by atoms with van der Waals surface area (Å²) >= 11 is 0. The summed E-state index contributed by atoms with van der Waals surface area (Å²) in [5.41, 5.74) is 3.35. The number of aromatic nitrogens is 1. The Labute approximate surface area is 123 Å². The van der Waals surface area contributed by atoms with Crippen LogP contribution in [-0.2, 0) is 6.54 Å². The van der Waals surface area contributed by atoms with Gasteiger partial charge in [0.05, 0.1) is 11.3 Å². The second-order valence-corrected chi connectivity index (χ2v) is 4.95. The molecule has 1 aliphatic rings. The molecule has 0 fully saturated rings. The molecule has 2 aromatic rings. The molecule has 5 nitrogen and oxygen atoms in total. The molecule has 3 rings (SSSR count). The number of benzene rings is 1. The van der Waals surface area contributed by atoms with Crippen LogP contribution in [-0.4, -0.2) is 24.0 Å². The molecule has 5 heteroatoms. The zero-order valence-electron chi connectivity index (χ0n) is 11.8. The van der Waals surface area contributed by atoms with Crippen molar-refractivity contribution in [1.29, 1.82) is 0 Å². The molecule has 0 saturated carbocycles. The monoisotopic (exact) mass is 283 g/mol. The van der Waals surface area contributed by atoms with Crippen molar-refractivity contribution in [3.05, 3.63) is 53.3 Å². The van der Waals surface area contributed by atoms with E-state index in [1.165, 1.54) is 0 Å². The number of nitrogens with one attached hydrogen (secondary N) is 2. The van der Waals surface area contributed by atoms with Crippen LogP contribution in [0.1, 0.15) is 21.6 Å². The summed E-state index contributed by atoms with van der Waals surface area (Å²) in [5, 5.41) is 6.12. The first-order valence-corrected chi connectivity index (χ1v) is 6.93. The van der Waals surface area contributed by atoms with E-state index in [9.17, 15) is 4.79 Å². The van der Waals surface area contributed by atoms with E-state index in [0.29, 0.717) is 24.5 Å². The maximum absolute atomic E-state index is 12.3. The van der Waals surface area contributed by atoms with Gasteiger partial charge in [0.2, 0.25) is 0 Å². The number of pyridine rings is 1. The van der Waals surface area contributed by atoms with Gasteiger partial charge in [0.25, 0.3) is 5.91 Å². The molecule has 2 heterocycles. The molecule has 108 valence electrons. The van der Waals surface area contributed by atoms with Gasteiger partial charge in [-0.3, -0.25) is 9.78 Å². The van der Waals surface area contributed by atoms with Gasteiger partial charge in [-0.2, -0.15) is 0 Å². The van der Waals surface area contributed by atoms with E-state index in [1.807, 2.05) is 31.2 Å². The van der Waals surface area contributed by atoms with E-state index < -0.39 is 0 Å². The number of rotatable bonds is 3. The molecule has 1 amide bonds. The smallest absolute Gasteiger partial charge is 0.255 e. The SMILES string of the molecule is Cc1ccc(CNC(=O)c2cccc3c2OCCN3)cn1. The predicted octanol–water partition coefficient (Wildman–Crippen LogP) is 2.12. The predicted molar refractivity (Wildman–Crippen MR) is 80.6 cm³/mol. The lowest BCUT2D eigenvalue weighted by atomic mass is 10.1. The molecular formula is C16H17N3O2. The Kier molecular flexibility index (Phi) is 3.73. The van der Waals surface area contributed by atoms with E-state index in [2.05, 4.69) is 15.6 Å². The van der Waals surface area contributed by atoms with Crippen molar-refractivity contribution in [3.8, 4) is 5.75 Å². The Morgan fingerprint density at radius 1 is 1.38 bits per heavy atom. The number of ether oxygens (including phenoxy) is 1. The van der Waals surface area contributed by atoms with Gasteiger partial charge in [-0.1, -0.05) is 12.1 Å². The van der Waals surface area contributed by atoms with Gasteiger partial charge in [-0.25, -0.2) is 0 Å². The molecular weight excluding hydrogens is 266 g/mol. The maximum Gasteiger partial charge on any atom is 0.255 e. The number of hydrogen-bond acceptors (Lipinski definition) is 4. The summed E-state index contributed by atoms with van der Waals surface area (Å²) in [5.74, 6) is 0.486. The van der Waals surface area contributed by atoms with E-state index in [0.717, 1.165) is 23.5 Å². The normalized spacial score (nSPS) is 12.8. The molecule has 1 aromatic heterocycles. The lowest BCUT2D eigenvalue weighted by Crippen LogP contribution is -2.26. The average molecular weight is 283 g/mol. The highest BCUT2D eigenvalue weighted by molar-refractivity contribution is 5.98. The van der Waals surface area contributed by atoms with Crippen LogP contribution in [0.2, 0.25) is 0 Å². The molecule has 2 N–H and O–H groups in total. The van der Waals surface area contributed by atoms with Crippen molar-refractivity contribution in [2.24, 2.45) is 0 Å². The fraction of sp³-hybridized carbons (Fsp3) is 0.250. The molecule has 1 aliphatic heterocycles. The Morgan fingerprint density at radius 3 is 3.10 bits per heavy atom. The minimum absolute atomic E-state index is 0.142. The molecule has 0 radical (unpaired) electrons. The maximum atomic E-state index is 12.3. The zero-order chi connectivity index (χ0) is 14.7. The third-order valence-corrected chi connectivity index (χ3v) is 3.35. The summed E-state index contributed by atoms with van der Waals surface area (Å²) in [6, 6.07) is 9.42. The topological polar surface area (TPSA) is 63.2 Å². The fourth-order valence-electron chi connectivity index (χ4n) is 2.23. The molecule has 21 heavy (non-hydrogen) atoms. The summed E-state index contributed by atoms with van der Waals surface area (Å²) in [7, 11) is 0. The average Bonchev–Trinajstić information content (AvgIpc) is 2.53. The number of fused-ring (bicyclic) bond motifs is 1. The number of amides is 1. The quantitative estimate of drug-likeness (QED) is 0.905. The van der Waals surface area contributed by atoms with Gasteiger partial charge in [-0.05, 0) is 30.7 Å². The molecule has 0 saturated heterocycles. The highest BCUT2D eigenvalue weighted by Gasteiger charge is 2.18. The van der Waals surface area contributed by atoms with E-state index in [1.54, 1.807) is 12.3 Å². The Hall–Kier alpha value is -2.56. The van der Waals surface area contributed by atoms with E-state index >= 15 is 0 Å². The summed E-state index contributed by atoms with van der Waals surface area (Å²) in [6.45, 7) is 3.71. The minimum atomic E-state index is -0.142. The number of para-hydroxylation sites is 1. The van der Waals surface area contributed by atoms with Crippen LogP contribution < -0.4 is 15.4 Å². The van der Waals surface area contributed by atoms with Crippen molar-refractivity contribution in [2.45, 2.75) is 13.5 Å². The second kappa shape index (κ2) is 5.83. The highest BCUT2D eigenvalue weighted by atomic mass is 16.5. The lowest BCUT2D eigenvalue weighted by molar-refractivity contribution is 0.0947. The Bertz CT molecular complexity index is 653. The molecule has 0 atom stereocenters. The van der Waals surface area contributed by atoms with Crippen LogP contribution in [0.5, 0.6) is 5.75 Å². The van der Waals surface area contributed by atoms with Crippen molar-refractivity contribution in [3.63, 3.8) is 0 Å². The molecule has 1 aromatic carbocycles. The number of aryl methyl sites for hydroxylation is 1. The standard InChI is InChI=1S/C16H17N3O2/c1-11-5-6-12(9-18-11)10-19-16(20)13-3-2-4-14-15(13)21-8-7-17-14/h2-6,9,17H,7-8,10H2,1H3,(H,19,20). The first-order valence-electron chi connectivity index (χ1n) is 6.93. The number of carbonyl (C=O) groups is 1. The van der Waals surface area contributed by atoms with Gasteiger partial charge in [0, 0.05) is 25.0 Å². The number of carbonyl (C=O) groups excluding carboxylic acids is 1. The van der Waals surface area contributed by atoms with Crippen LogP contribution >= 0.6 is 0 Å². The van der Waals surface area contributed by atoms with Crippen molar-refractivity contribution in [2.75, 3.05) is 18.5 Å². The van der Waals surface area contributed by atoms with Crippen LogP contribution in [0.4, 0.5) is 5.69 Å². The molecule has 0 unspecified atom stereocenters. The van der Waals surface area contributed by atoms with E-state index in [-0.39, 0.29) is 5.91 Å². The van der Waals surface area contributed by atoms with Crippen molar-refractivity contribution >= 4 is 11.6 Å². The van der Waals surface area contributed by atoms with Crippen LogP contribution in [0.15, 0.2) is 36.5 Å². The molecule has 0 spiro atoms. The Morgan fingerprint density at radius 2 is 2.29 bits per heavy atom. The summed E-state index contributed by atoms with van der Waals surface area (Å²) in [6.07, 6.45) is 1.77. The highest BCUT2D eigenvalue weighted by Crippen LogP contribution is 2.31. The molecule has 0 bridgehead atoms. The van der Waals surface area contributed by atoms with Crippen molar-refractivity contribution in [1.82, 2.24) is 10.3 Å². The van der Waals surface area contributed by atoms with Crippen LogP contribution in [0, 0.1) is 6.92 Å². The largest absolute Gasteiger partial charge is 0.489 e. The summed E-state index contributed by atoms with van der Waals surface area (Å²) in [4.78, 5) is 16.5. The summed E-state index contributed by atoms with van der Waals surface area (Å²) < 4.78 is 5.61. The number of nitrogens with zero attached hydrogens (tertiary/aromatic N) is 1. The number of hydrogen-bond donors (Lipinski definition) is 2. The fourth-order valence-corrected chi connectivity index (χ4v) is 2.23. The van der Waals surface area contributed by atoms with E-state index in [4.69, 9.17) is 4.74 Å². The molecule has 0 aliphatic carbocycles. The lowest BCUT2D eigenvalue weighted by Gasteiger charge is -2.21. The zero-order valence-corrected chi connectivity index (χ0v) is 11.8. The van der Waals surface area contributed by atoms with Gasteiger partial charge < -0.3 is 15.4 Å². The van der Waals surface area contributed by atoms with Crippen LogP contribution in [0.3, 0.4) is 0 Å².